The Kier molecular flexibility index (Phi) is 4.34. The lowest BCUT2D eigenvalue weighted by molar-refractivity contribution is -0.138. The highest BCUT2D eigenvalue weighted by Crippen LogP contribution is 2.26. The molecule has 0 aliphatic carbocycles. The van der Waals surface area contributed by atoms with E-state index in [2.05, 4.69) is 4.99 Å². The number of carboxylic acid groups (broad SMARTS) is 1. The maximum atomic E-state index is 13.8. The van der Waals surface area contributed by atoms with Crippen molar-refractivity contribution >= 4 is 23.0 Å². The molecule has 0 aliphatic rings. The largest absolute Gasteiger partial charge is 0.481 e. The summed E-state index contributed by atoms with van der Waals surface area (Å²) in [5, 5.41) is 11.0. The standard InChI is InChI=1S/C14H15FN2O2S/c1-3-10(13(18)19)11-8-9(4-5-12(11)15)16-14-17(2)6-7-20-14/h4-8,10H,3H2,1-2H3,(H,18,19)/b16-14-. The van der Waals surface area contributed by atoms with Crippen molar-refractivity contribution in [1.82, 2.24) is 4.57 Å². The average Bonchev–Trinajstić information content (AvgIpc) is 2.79. The van der Waals surface area contributed by atoms with Crippen LogP contribution in [0.25, 0.3) is 0 Å². The van der Waals surface area contributed by atoms with Crippen molar-refractivity contribution in [1.29, 1.82) is 0 Å². The van der Waals surface area contributed by atoms with Gasteiger partial charge in [0, 0.05) is 24.2 Å². The number of hydrogen-bond donors (Lipinski definition) is 1. The Hall–Kier alpha value is -1.95. The molecule has 1 aromatic carbocycles. The molecule has 1 unspecified atom stereocenters. The molecule has 0 saturated heterocycles. The topological polar surface area (TPSA) is 54.6 Å². The zero-order valence-electron chi connectivity index (χ0n) is 11.2. The van der Waals surface area contributed by atoms with Crippen LogP contribution in [0.4, 0.5) is 10.1 Å². The number of aromatic nitrogens is 1. The molecule has 1 N–H and O–H groups in total. The van der Waals surface area contributed by atoms with Crippen molar-refractivity contribution < 1.29 is 14.3 Å². The molecule has 4 nitrogen and oxygen atoms in total. The molecule has 0 amide bonds. The number of thiazole rings is 1. The highest BCUT2D eigenvalue weighted by Gasteiger charge is 2.21. The Morgan fingerprint density at radius 2 is 2.30 bits per heavy atom. The minimum Gasteiger partial charge on any atom is -0.481 e. The number of halogens is 1. The summed E-state index contributed by atoms with van der Waals surface area (Å²) in [6, 6.07) is 4.33. The van der Waals surface area contributed by atoms with Crippen LogP contribution in [0.3, 0.4) is 0 Å². The SMILES string of the molecule is CCC(C(=O)O)c1cc(/N=c2\sccn2C)ccc1F. The Morgan fingerprint density at radius 1 is 1.55 bits per heavy atom. The van der Waals surface area contributed by atoms with Gasteiger partial charge in [0.05, 0.1) is 11.6 Å². The van der Waals surface area contributed by atoms with Crippen LogP contribution >= 0.6 is 11.3 Å². The molecule has 6 heteroatoms. The van der Waals surface area contributed by atoms with Gasteiger partial charge in [-0.25, -0.2) is 9.38 Å². The molecule has 20 heavy (non-hydrogen) atoms. The fourth-order valence-electron chi connectivity index (χ4n) is 1.94. The van der Waals surface area contributed by atoms with Crippen molar-refractivity contribution in [3.63, 3.8) is 0 Å². The number of rotatable bonds is 4. The molecule has 2 rings (SSSR count). The van der Waals surface area contributed by atoms with Crippen molar-refractivity contribution in [2.24, 2.45) is 12.0 Å². The third kappa shape index (κ3) is 2.96. The lowest BCUT2D eigenvalue weighted by Crippen LogP contribution is -2.12. The van der Waals surface area contributed by atoms with Crippen LogP contribution in [-0.4, -0.2) is 15.6 Å². The lowest BCUT2D eigenvalue weighted by atomic mass is 9.96. The number of carbonyl (C=O) groups is 1. The smallest absolute Gasteiger partial charge is 0.311 e. The van der Waals surface area contributed by atoms with Crippen molar-refractivity contribution in [2.45, 2.75) is 19.3 Å². The molecule has 0 radical (unpaired) electrons. The third-order valence-corrected chi connectivity index (χ3v) is 3.89. The highest BCUT2D eigenvalue weighted by molar-refractivity contribution is 7.07. The van der Waals surface area contributed by atoms with Crippen LogP contribution < -0.4 is 4.80 Å². The predicted molar refractivity (Wildman–Crippen MR) is 75.6 cm³/mol. The molecule has 1 heterocycles. The van der Waals surface area contributed by atoms with Crippen molar-refractivity contribution in [2.75, 3.05) is 0 Å². The molecule has 0 fully saturated rings. The molecule has 1 atom stereocenters. The first-order valence-corrected chi connectivity index (χ1v) is 7.08. The van der Waals surface area contributed by atoms with E-state index in [-0.39, 0.29) is 5.56 Å². The quantitative estimate of drug-likeness (QED) is 0.942. The van der Waals surface area contributed by atoms with Gasteiger partial charge in [0.15, 0.2) is 4.80 Å². The van der Waals surface area contributed by atoms with E-state index in [0.717, 1.165) is 4.80 Å². The Morgan fingerprint density at radius 3 is 2.85 bits per heavy atom. The summed E-state index contributed by atoms with van der Waals surface area (Å²) < 4.78 is 15.7. The molecule has 1 aromatic heterocycles. The molecule has 0 saturated carbocycles. The fourth-order valence-corrected chi connectivity index (χ4v) is 2.69. The Bertz CT molecular complexity index is 690. The number of hydrogen-bond acceptors (Lipinski definition) is 3. The van der Waals surface area contributed by atoms with Gasteiger partial charge >= 0.3 is 5.97 Å². The molecule has 0 bridgehead atoms. The molecular weight excluding hydrogens is 279 g/mol. The van der Waals surface area contributed by atoms with E-state index in [4.69, 9.17) is 5.11 Å². The summed E-state index contributed by atoms with van der Waals surface area (Å²) in [6.45, 7) is 1.72. The second kappa shape index (κ2) is 6.00. The van der Waals surface area contributed by atoms with E-state index in [1.165, 1.54) is 23.5 Å². The van der Waals surface area contributed by atoms with E-state index in [1.807, 2.05) is 23.2 Å². The minimum absolute atomic E-state index is 0.181. The number of carboxylic acids is 1. The minimum atomic E-state index is -1.02. The summed E-state index contributed by atoms with van der Waals surface area (Å²) in [5.74, 6) is -2.37. The van der Waals surface area contributed by atoms with Crippen molar-refractivity contribution in [3.05, 3.63) is 46.0 Å². The predicted octanol–water partition coefficient (Wildman–Crippen LogP) is 3.04. The number of aliphatic carboxylic acids is 1. The molecule has 0 spiro atoms. The van der Waals surface area contributed by atoms with Gasteiger partial charge in [-0.3, -0.25) is 4.79 Å². The van der Waals surface area contributed by atoms with E-state index < -0.39 is 17.7 Å². The van der Waals surface area contributed by atoms with E-state index in [9.17, 15) is 9.18 Å². The number of nitrogens with zero attached hydrogens (tertiary/aromatic N) is 2. The van der Waals surface area contributed by atoms with Crippen LogP contribution in [0.5, 0.6) is 0 Å². The summed E-state index contributed by atoms with van der Waals surface area (Å²) in [6.07, 6.45) is 2.21. The van der Waals surface area contributed by atoms with Crippen LogP contribution in [0, 0.1) is 5.82 Å². The van der Waals surface area contributed by atoms with Gasteiger partial charge in [-0.05, 0) is 24.6 Å². The van der Waals surface area contributed by atoms with Gasteiger partial charge in [-0.15, -0.1) is 11.3 Å². The van der Waals surface area contributed by atoms with Crippen LogP contribution in [0.2, 0.25) is 0 Å². The fraction of sp³-hybridized carbons (Fsp3) is 0.286. The third-order valence-electron chi connectivity index (χ3n) is 3.05. The van der Waals surface area contributed by atoms with Crippen LogP contribution in [0.1, 0.15) is 24.8 Å². The van der Waals surface area contributed by atoms with Crippen molar-refractivity contribution in [3.8, 4) is 0 Å². The van der Waals surface area contributed by atoms with E-state index in [0.29, 0.717) is 12.1 Å². The molecular formula is C14H15FN2O2S. The molecule has 106 valence electrons. The maximum Gasteiger partial charge on any atom is 0.311 e. The van der Waals surface area contributed by atoms with Crippen LogP contribution in [0.15, 0.2) is 34.8 Å². The number of aryl methyl sites for hydroxylation is 1. The summed E-state index contributed by atoms with van der Waals surface area (Å²) >= 11 is 1.46. The first-order chi connectivity index (χ1) is 9.52. The number of benzene rings is 1. The summed E-state index contributed by atoms with van der Waals surface area (Å²) in [4.78, 5) is 16.3. The molecule has 0 aliphatic heterocycles. The average molecular weight is 294 g/mol. The Labute approximate surface area is 119 Å². The van der Waals surface area contributed by atoms with Crippen LogP contribution in [-0.2, 0) is 11.8 Å². The van der Waals surface area contributed by atoms with Gasteiger partial charge < -0.3 is 9.67 Å². The second-order valence-electron chi connectivity index (χ2n) is 4.41. The molecule has 2 aromatic rings. The van der Waals surface area contributed by atoms with Gasteiger partial charge in [-0.1, -0.05) is 6.92 Å². The normalized spacial score (nSPS) is 13.4. The van der Waals surface area contributed by atoms with Gasteiger partial charge in [0.1, 0.15) is 5.82 Å². The first kappa shape index (κ1) is 14.5. The first-order valence-electron chi connectivity index (χ1n) is 6.20. The monoisotopic (exact) mass is 294 g/mol. The lowest BCUT2D eigenvalue weighted by Gasteiger charge is -2.11. The van der Waals surface area contributed by atoms with Gasteiger partial charge in [0.25, 0.3) is 0 Å². The highest BCUT2D eigenvalue weighted by atomic mass is 32.1. The second-order valence-corrected chi connectivity index (χ2v) is 5.29. The summed E-state index contributed by atoms with van der Waals surface area (Å²) in [5.41, 5.74) is 0.736. The Balaban J connectivity index is 2.49. The zero-order valence-corrected chi connectivity index (χ0v) is 12.0. The van der Waals surface area contributed by atoms with Gasteiger partial charge in [0.2, 0.25) is 0 Å². The van der Waals surface area contributed by atoms with E-state index in [1.54, 1.807) is 13.0 Å². The summed E-state index contributed by atoms with van der Waals surface area (Å²) in [7, 11) is 1.87. The van der Waals surface area contributed by atoms with Gasteiger partial charge in [-0.2, -0.15) is 0 Å². The zero-order chi connectivity index (χ0) is 14.7. The maximum absolute atomic E-state index is 13.8. The van der Waals surface area contributed by atoms with E-state index >= 15 is 0 Å².